The molecule has 170 valence electrons. The Bertz CT molecular complexity index is 1190. The fraction of sp³-hybridized carbons (Fsp3) is 0.208. The summed E-state index contributed by atoms with van der Waals surface area (Å²) in [7, 11) is 0. The van der Waals surface area contributed by atoms with E-state index in [2.05, 4.69) is 15.6 Å². The first-order chi connectivity index (χ1) is 15.9. The number of halogens is 2. The summed E-state index contributed by atoms with van der Waals surface area (Å²) < 4.78 is 39.0. The zero-order chi connectivity index (χ0) is 23.4. The molecule has 0 saturated carbocycles. The summed E-state index contributed by atoms with van der Waals surface area (Å²) in [5.74, 6) is -1.50. The van der Waals surface area contributed by atoms with E-state index < -0.39 is 23.9 Å². The Morgan fingerprint density at radius 2 is 1.97 bits per heavy atom. The van der Waals surface area contributed by atoms with Crippen LogP contribution in [0.1, 0.15) is 39.6 Å². The van der Waals surface area contributed by atoms with E-state index >= 15 is 0 Å². The molecule has 0 spiro atoms. The Morgan fingerprint density at radius 3 is 2.73 bits per heavy atom. The molecule has 33 heavy (non-hydrogen) atoms. The first kappa shape index (κ1) is 22.2. The van der Waals surface area contributed by atoms with E-state index in [1.807, 2.05) is 0 Å². The SMILES string of the molecule is Cc1cc(NC(=O)c2ccc(F)c3c2OCC[C@@H]3NC(=O)OCc2ccccn2)ccc1F. The smallest absolute Gasteiger partial charge is 0.408 e. The molecule has 1 atom stereocenters. The fourth-order valence-electron chi connectivity index (χ4n) is 3.53. The highest BCUT2D eigenvalue weighted by molar-refractivity contribution is 6.06. The molecule has 2 aromatic carbocycles. The van der Waals surface area contributed by atoms with Crippen molar-refractivity contribution in [2.45, 2.75) is 26.0 Å². The van der Waals surface area contributed by atoms with Crippen LogP contribution in [-0.4, -0.2) is 23.6 Å². The largest absolute Gasteiger partial charge is 0.492 e. The summed E-state index contributed by atoms with van der Waals surface area (Å²) in [4.78, 5) is 29.2. The second-order valence-corrected chi connectivity index (χ2v) is 7.49. The maximum absolute atomic E-state index is 14.7. The Balaban J connectivity index is 1.51. The number of benzene rings is 2. The predicted octanol–water partition coefficient (Wildman–Crippen LogP) is 4.67. The number of alkyl carbamates (subject to hydrolysis) is 1. The van der Waals surface area contributed by atoms with Gasteiger partial charge in [0.25, 0.3) is 5.91 Å². The number of nitrogens with zero attached hydrogens (tertiary/aromatic N) is 1. The number of amides is 2. The molecule has 4 rings (SSSR count). The van der Waals surface area contributed by atoms with Crippen LogP contribution in [0.4, 0.5) is 19.3 Å². The second-order valence-electron chi connectivity index (χ2n) is 7.49. The van der Waals surface area contributed by atoms with E-state index in [-0.39, 0.29) is 35.9 Å². The van der Waals surface area contributed by atoms with Crippen molar-refractivity contribution in [3.8, 4) is 5.75 Å². The average molecular weight is 453 g/mol. The first-order valence-electron chi connectivity index (χ1n) is 10.3. The molecule has 9 heteroatoms. The van der Waals surface area contributed by atoms with Crippen molar-refractivity contribution >= 4 is 17.7 Å². The molecule has 0 unspecified atom stereocenters. The molecule has 0 fully saturated rings. The highest BCUT2D eigenvalue weighted by Gasteiger charge is 2.31. The van der Waals surface area contributed by atoms with Gasteiger partial charge in [-0.1, -0.05) is 6.07 Å². The third-order valence-electron chi connectivity index (χ3n) is 5.17. The summed E-state index contributed by atoms with van der Waals surface area (Å²) in [6, 6.07) is 11.1. The van der Waals surface area contributed by atoms with E-state index in [0.717, 1.165) is 6.07 Å². The lowest BCUT2D eigenvalue weighted by molar-refractivity contribution is 0.102. The lowest BCUT2D eigenvalue weighted by atomic mass is 9.96. The standard InChI is InChI=1S/C24H21F2N3O4/c1-14-12-15(5-7-18(14)25)28-23(30)17-6-8-19(26)21-20(9-11-32-22(17)21)29-24(31)33-13-16-4-2-3-10-27-16/h2-8,10,12,20H,9,11,13H2,1H3,(H,28,30)(H,29,31)/t20-/m0/s1. The van der Waals surface area contributed by atoms with Crippen molar-refractivity contribution in [2.75, 3.05) is 11.9 Å². The van der Waals surface area contributed by atoms with Crippen LogP contribution in [0, 0.1) is 18.6 Å². The number of carbonyl (C=O) groups excluding carboxylic acids is 2. The molecule has 0 aliphatic carbocycles. The van der Waals surface area contributed by atoms with Crippen LogP contribution >= 0.6 is 0 Å². The summed E-state index contributed by atoms with van der Waals surface area (Å²) >= 11 is 0. The van der Waals surface area contributed by atoms with Gasteiger partial charge in [-0.05, 0) is 55.0 Å². The number of nitrogens with one attached hydrogen (secondary N) is 2. The van der Waals surface area contributed by atoms with E-state index in [1.165, 1.54) is 24.3 Å². The van der Waals surface area contributed by atoms with Gasteiger partial charge in [0.2, 0.25) is 0 Å². The topological polar surface area (TPSA) is 89.6 Å². The summed E-state index contributed by atoms with van der Waals surface area (Å²) in [6.07, 6.45) is 1.14. The highest BCUT2D eigenvalue weighted by atomic mass is 19.1. The summed E-state index contributed by atoms with van der Waals surface area (Å²) in [5.41, 5.74) is 1.50. The van der Waals surface area contributed by atoms with Crippen molar-refractivity contribution in [1.82, 2.24) is 10.3 Å². The predicted molar refractivity (Wildman–Crippen MR) is 116 cm³/mol. The normalized spacial score (nSPS) is 14.6. The quantitative estimate of drug-likeness (QED) is 0.586. The molecule has 1 aliphatic heterocycles. The van der Waals surface area contributed by atoms with Crippen LogP contribution in [0.3, 0.4) is 0 Å². The van der Waals surface area contributed by atoms with Crippen molar-refractivity contribution in [2.24, 2.45) is 0 Å². The minimum atomic E-state index is -0.745. The van der Waals surface area contributed by atoms with E-state index in [4.69, 9.17) is 9.47 Å². The maximum atomic E-state index is 14.7. The van der Waals surface area contributed by atoms with Crippen LogP contribution in [0.5, 0.6) is 5.75 Å². The number of fused-ring (bicyclic) bond motifs is 1. The number of aryl methyl sites for hydroxylation is 1. The minimum Gasteiger partial charge on any atom is -0.492 e. The molecule has 1 aromatic heterocycles. The van der Waals surface area contributed by atoms with Gasteiger partial charge in [0, 0.05) is 18.3 Å². The third-order valence-corrected chi connectivity index (χ3v) is 5.17. The van der Waals surface area contributed by atoms with Gasteiger partial charge >= 0.3 is 6.09 Å². The third kappa shape index (κ3) is 5.08. The minimum absolute atomic E-state index is 0.0369. The molecule has 0 radical (unpaired) electrons. The average Bonchev–Trinajstić information content (AvgIpc) is 2.81. The highest BCUT2D eigenvalue weighted by Crippen LogP contribution is 2.37. The van der Waals surface area contributed by atoms with Crippen LogP contribution in [0.15, 0.2) is 54.7 Å². The van der Waals surface area contributed by atoms with Gasteiger partial charge in [-0.25, -0.2) is 13.6 Å². The second kappa shape index (κ2) is 9.64. The van der Waals surface area contributed by atoms with Crippen LogP contribution in [0.2, 0.25) is 0 Å². The van der Waals surface area contributed by atoms with Gasteiger partial charge < -0.3 is 20.1 Å². The van der Waals surface area contributed by atoms with Gasteiger partial charge in [-0.3, -0.25) is 9.78 Å². The molecule has 1 aliphatic rings. The number of hydrogen-bond acceptors (Lipinski definition) is 5. The number of hydrogen-bond donors (Lipinski definition) is 2. The zero-order valence-electron chi connectivity index (χ0n) is 17.7. The first-order valence-corrected chi connectivity index (χ1v) is 10.3. The van der Waals surface area contributed by atoms with Gasteiger partial charge in [-0.15, -0.1) is 0 Å². The number of rotatable bonds is 5. The van der Waals surface area contributed by atoms with Crippen molar-refractivity contribution < 1.29 is 27.8 Å². The number of ether oxygens (including phenoxy) is 2. The van der Waals surface area contributed by atoms with E-state index in [1.54, 1.807) is 31.3 Å². The van der Waals surface area contributed by atoms with Gasteiger partial charge in [0.1, 0.15) is 24.0 Å². The molecule has 2 N–H and O–H groups in total. The van der Waals surface area contributed by atoms with Crippen molar-refractivity contribution in [3.05, 3.63) is 88.7 Å². The van der Waals surface area contributed by atoms with Crippen LogP contribution in [-0.2, 0) is 11.3 Å². The monoisotopic (exact) mass is 453 g/mol. The number of aromatic nitrogens is 1. The Hall–Kier alpha value is -4.01. The van der Waals surface area contributed by atoms with E-state index in [9.17, 15) is 18.4 Å². The Morgan fingerprint density at radius 1 is 1.15 bits per heavy atom. The Labute approximate surface area is 188 Å². The van der Waals surface area contributed by atoms with Gasteiger partial charge in [0.05, 0.1) is 29.5 Å². The van der Waals surface area contributed by atoms with Crippen LogP contribution < -0.4 is 15.4 Å². The molecular formula is C24H21F2N3O4. The van der Waals surface area contributed by atoms with E-state index in [0.29, 0.717) is 23.4 Å². The van der Waals surface area contributed by atoms with Gasteiger partial charge in [0.15, 0.2) is 0 Å². The lowest BCUT2D eigenvalue weighted by Crippen LogP contribution is -2.34. The zero-order valence-corrected chi connectivity index (χ0v) is 17.7. The van der Waals surface area contributed by atoms with Crippen molar-refractivity contribution in [3.63, 3.8) is 0 Å². The summed E-state index contributed by atoms with van der Waals surface area (Å²) in [6.45, 7) is 1.71. The number of pyridine rings is 1. The maximum Gasteiger partial charge on any atom is 0.408 e. The molecule has 2 amide bonds. The molecule has 0 bridgehead atoms. The Kier molecular flexibility index (Phi) is 6.48. The lowest BCUT2D eigenvalue weighted by Gasteiger charge is -2.28. The number of carbonyl (C=O) groups is 2. The molecular weight excluding hydrogens is 432 g/mol. The van der Waals surface area contributed by atoms with Crippen molar-refractivity contribution in [1.29, 1.82) is 0 Å². The van der Waals surface area contributed by atoms with Crippen LogP contribution in [0.25, 0.3) is 0 Å². The molecule has 0 saturated heterocycles. The molecule has 3 aromatic rings. The van der Waals surface area contributed by atoms with Gasteiger partial charge in [-0.2, -0.15) is 0 Å². The molecule has 7 nitrogen and oxygen atoms in total. The number of anilines is 1. The summed E-state index contributed by atoms with van der Waals surface area (Å²) in [5, 5.41) is 5.30. The molecule has 2 heterocycles. The fourth-order valence-corrected chi connectivity index (χ4v) is 3.53.